The highest BCUT2D eigenvalue weighted by Gasteiger charge is 2.25. The molecule has 1 rings (SSSR count). The number of nitrogens with two attached hydrogens (primary N) is 2. The Bertz CT molecular complexity index is 682. The Morgan fingerprint density at radius 3 is 2.33 bits per heavy atom. The number of primary sulfonamides is 1. The maximum absolute atomic E-state index is 11.2. The SMILES string of the molecule is CC(C)(CNc1ccc(S(N)(=O)=O)cc1C(=O)O)C(N)=O. The lowest BCUT2D eigenvalue weighted by molar-refractivity contribution is -0.125. The first kappa shape index (κ1) is 16.9. The molecule has 1 aromatic rings. The van der Waals surface area contributed by atoms with Gasteiger partial charge >= 0.3 is 5.97 Å². The molecule has 8 nitrogen and oxygen atoms in total. The molecule has 0 aliphatic heterocycles. The number of rotatable bonds is 6. The molecule has 9 heteroatoms. The van der Waals surface area contributed by atoms with Gasteiger partial charge in [0.25, 0.3) is 0 Å². The maximum Gasteiger partial charge on any atom is 0.337 e. The van der Waals surface area contributed by atoms with Crippen molar-refractivity contribution in [2.24, 2.45) is 16.3 Å². The summed E-state index contributed by atoms with van der Waals surface area (Å²) in [5.74, 6) is -1.87. The molecule has 116 valence electrons. The number of hydrogen-bond donors (Lipinski definition) is 4. The van der Waals surface area contributed by atoms with Crippen LogP contribution in [0.2, 0.25) is 0 Å². The number of carbonyl (C=O) groups is 2. The number of aromatic carboxylic acids is 1. The number of hydrogen-bond acceptors (Lipinski definition) is 5. The van der Waals surface area contributed by atoms with Crippen LogP contribution in [0.3, 0.4) is 0 Å². The Morgan fingerprint density at radius 2 is 1.90 bits per heavy atom. The molecule has 21 heavy (non-hydrogen) atoms. The number of anilines is 1. The number of nitrogens with one attached hydrogen (secondary N) is 1. The molecule has 0 spiro atoms. The quantitative estimate of drug-likeness (QED) is 0.577. The van der Waals surface area contributed by atoms with Crippen molar-refractivity contribution >= 4 is 27.6 Å². The molecule has 0 unspecified atom stereocenters. The van der Waals surface area contributed by atoms with E-state index in [9.17, 15) is 18.0 Å². The number of sulfonamides is 1. The first-order valence-electron chi connectivity index (χ1n) is 5.89. The van der Waals surface area contributed by atoms with Crippen LogP contribution in [0.1, 0.15) is 24.2 Å². The largest absolute Gasteiger partial charge is 0.478 e. The molecule has 1 amide bonds. The maximum atomic E-state index is 11.2. The molecule has 0 heterocycles. The van der Waals surface area contributed by atoms with Gasteiger partial charge in [-0.05, 0) is 32.0 Å². The highest BCUT2D eigenvalue weighted by atomic mass is 32.2. The van der Waals surface area contributed by atoms with Crippen LogP contribution in [0.15, 0.2) is 23.1 Å². The van der Waals surface area contributed by atoms with Gasteiger partial charge in [-0.25, -0.2) is 18.4 Å². The lowest BCUT2D eigenvalue weighted by Gasteiger charge is -2.22. The van der Waals surface area contributed by atoms with Crippen molar-refractivity contribution in [2.75, 3.05) is 11.9 Å². The Hall–Kier alpha value is -2.13. The van der Waals surface area contributed by atoms with Crippen LogP contribution in [-0.2, 0) is 14.8 Å². The average Bonchev–Trinajstić information content (AvgIpc) is 2.34. The molecule has 0 saturated heterocycles. The van der Waals surface area contributed by atoms with Crippen molar-refractivity contribution in [2.45, 2.75) is 18.7 Å². The van der Waals surface area contributed by atoms with Crippen molar-refractivity contribution in [1.29, 1.82) is 0 Å². The topological polar surface area (TPSA) is 153 Å². The summed E-state index contributed by atoms with van der Waals surface area (Å²) in [5.41, 5.74) is 4.24. The number of carboxylic acid groups (broad SMARTS) is 1. The predicted molar refractivity (Wildman–Crippen MR) is 76.2 cm³/mol. The molecule has 0 fully saturated rings. The van der Waals surface area contributed by atoms with Crippen LogP contribution >= 0.6 is 0 Å². The van der Waals surface area contributed by atoms with Gasteiger partial charge in [0.05, 0.1) is 15.9 Å². The van der Waals surface area contributed by atoms with Crippen LogP contribution < -0.4 is 16.2 Å². The molecule has 1 aromatic carbocycles. The number of primary amides is 1. The second-order valence-corrected chi connectivity index (χ2v) is 6.72. The third kappa shape index (κ3) is 4.17. The molecule has 0 aliphatic rings. The summed E-state index contributed by atoms with van der Waals surface area (Å²) >= 11 is 0. The zero-order valence-electron chi connectivity index (χ0n) is 11.6. The summed E-state index contributed by atoms with van der Waals surface area (Å²) in [4.78, 5) is 22.1. The molecule has 0 aromatic heterocycles. The van der Waals surface area contributed by atoms with E-state index in [4.69, 9.17) is 16.0 Å². The molecule has 6 N–H and O–H groups in total. The third-order valence-electron chi connectivity index (χ3n) is 2.94. The van der Waals surface area contributed by atoms with Crippen molar-refractivity contribution in [1.82, 2.24) is 0 Å². The van der Waals surface area contributed by atoms with Gasteiger partial charge in [0, 0.05) is 12.2 Å². The minimum Gasteiger partial charge on any atom is -0.478 e. The lowest BCUT2D eigenvalue weighted by atomic mass is 9.92. The first-order chi connectivity index (χ1) is 9.45. The Kier molecular flexibility index (Phi) is 4.59. The lowest BCUT2D eigenvalue weighted by Crippen LogP contribution is -2.37. The summed E-state index contributed by atoms with van der Waals surface area (Å²) in [6.45, 7) is 3.29. The highest BCUT2D eigenvalue weighted by molar-refractivity contribution is 7.89. The van der Waals surface area contributed by atoms with Gasteiger partial charge in [-0.2, -0.15) is 0 Å². The van der Waals surface area contributed by atoms with Gasteiger partial charge in [0.1, 0.15) is 0 Å². The molecule has 0 aliphatic carbocycles. The van der Waals surface area contributed by atoms with Crippen LogP contribution in [-0.4, -0.2) is 31.9 Å². The van der Waals surface area contributed by atoms with E-state index >= 15 is 0 Å². The summed E-state index contributed by atoms with van der Waals surface area (Å²) in [5, 5.41) is 16.9. The summed E-state index contributed by atoms with van der Waals surface area (Å²) < 4.78 is 22.5. The van der Waals surface area contributed by atoms with E-state index in [-0.39, 0.29) is 22.7 Å². The van der Waals surface area contributed by atoms with Crippen molar-refractivity contribution < 1.29 is 23.1 Å². The molecule has 0 radical (unpaired) electrons. The highest BCUT2D eigenvalue weighted by Crippen LogP contribution is 2.22. The summed E-state index contributed by atoms with van der Waals surface area (Å²) in [6.07, 6.45) is 0. The van der Waals surface area contributed by atoms with Gasteiger partial charge in [-0.1, -0.05) is 0 Å². The van der Waals surface area contributed by atoms with Crippen LogP contribution in [0.5, 0.6) is 0 Å². The fourth-order valence-electron chi connectivity index (χ4n) is 1.43. The molecule has 0 saturated carbocycles. The second kappa shape index (κ2) is 5.70. The zero-order chi connectivity index (χ0) is 16.4. The van der Waals surface area contributed by atoms with E-state index in [0.29, 0.717) is 0 Å². The second-order valence-electron chi connectivity index (χ2n) is 5.16. The predicted octanol–water partition coefficient (Wildman–Crippen LogP) is -0.0444. The Labute approximate surface area is 122 Å². The minimum absolute atomic E-state index is 0.0946. The van der Waals surface area contributed by atoms with Crippen molar-refractivity contribution in [3.8, 4) is 0 Å². The first-order valence-corrected chi connectivity index (χ1v) is 7.44. The number of carboxylic acids is 1. The molecular weight excluding hydrogens is 298 g/mol. The Morgan fingerprint density at radius 1 is 1.33 bits per heavy atom. The molecule has 0 atom stereocenters. The number of amides is 1. The van der Waals surface area contributed by atoms with E-state index in [1.165, 1.54) is 12.1 Å². The molecule has 0 bridgehead atoms. The van der Waals surface area contributed by atoms with E-state index in [2.05, 4.69) is 5.32 Å². The number of benzene rings is 1. The fraction of sp³-hybridized carbons (Fsp3) is 0.333. The van der Waals surface area contributed by atoms with Crippen molar-refractivity contribution in [3.63, 3.8) is 0 Å². The van der Waals surface area contributed by atoms with Gasteiger partial charge in [-0.3, -0.25) is 4.79 Å². The van der Waals surface area contributed by atoms with Crippen LogP contribution in [0.4, 0.5) is 5.69 Å². The smallest absolute Gasteiger partial charge is 0.337 e. The van der Waals surface area contributed by atoms with Gasteiger partial charge in [-0.15, -0.1) is 0 Å². The third-order valence-corrected chi connectivity index (χ3v) is 3.85. The van der Waals surface area contributed by atoms with Gasteiger partial charge in [0.2, 0.25) is 15.9 Å². The van der Waals surface area contributed by atoms with E-state index in [1.807, 2.05) is 0 Å². The number of carbonyl (C=O) groups excluding carboxylic acids is 1. The molecular formula is C12H17N3O5S. The zero-order valence-corrected chi connectivity index (χ0v) is 12.4. The van der Waals surface area contributed by atoms with E-state index in [0.717, 1.165) is 6.07 Å². The fourth-order valence-corrected chi connectivity index (χ4v) is 1.97. The van der Waals surface area contributed by atoms with E-state index in [1.54, 1.807) is 13.8 Å². The van der Waals surface area contributed by atoms with E-state index < -0.39 is 27.3 Å². The normalized spacial score (nSPS) is 12.0. The Balaban J connectivity index is 3.14. The van der Waals surface area contributed by atoms with Gasteiger partial charge < -0.3 is 16.2 Å². The summed E-state index contributed by atoms with van der Waals surface area (Å²) in [6, 6.07) is 3.42. The monoisotopic (exact) mass is 315 g/mol. The standard InChI is InChI=1S/C12H17N3O5S/c1-12(2,11(13)18)6-15-9-4-3-7(21(14,19)20)5-8(9)10(16)17/h3-5,15H,6H2,1-2H3,(H2,13,18)(H,16,17)(H2,14,19,20). The van der Waals surface area contributed by atoms with Crippen LogP contribution in [0.25, 0.3) is 0 Å². The summed E-state index contributed by atoms with van der Waals surface area (Å²) in [7, 11) is -4.00. The van der Waals surface area contributed by atoms with Gasteiger partial charge in [0.15, 0.2) is 0 Å². The van der Waals surface area contributed by atoms with Crippen LogP contribution in [0, 0.1) is 5.41 Å². The minimum atomic E-state index is -4.00. The average molecular weight is 315 g/mol. The van der Waals surface area contributed by atoms with Crippen molar-refractivity contribution in [3.05, 3.63) is 23.8 Å².